The number of benzene rings is 2. The number of likely N-dealkylation sites (tertiary alicyclic amines) is 1. The molecule has 4 rings (SSSR count). The SMILES string of the molecule is Cc1onc(-c2c(Cl)cccc2Cl)c1C(=O)N1CCC(Cc2ccccc2)CC1. The number of hydrogen-bond donors (Lipinski definition) is 0. The number of rotatable bonds is 4. The van der Waals surface area contributed by atoms with E-state index in [2.05, 4.69) is 29.4 Å². The minimum Gasteiger partial charge on any atom is -0.360 e. The highest BCUT2D eigenvalue weighted by atomic mass is 35.5. The third-order valence-corrected chi connectivity index (χ3v) is 6.18. The van der Waals surface area contributed by atoms with Gasteiger partial charge in [-0.05, 0) is 49.8 Å². The molecule has 0 unspecified atom stereocenters. The van der Waals surface area contributed by atoms with E-state index in [1.54, 1.807) is 25.1 Å². The fourth-order valence-corrected chi connectivity index (χ4v) is 4.54. The maximum absolute atomic E-state index is 13.3. The second kappa shape index (κ2) is 8.60. The summed E-state index contributed by atoms with van der Waals surface area (Å²) in [5.74, 6) is 0.989. The first kappa shape index (κ1) is 20.0. The van der Waals surface area contributed by atoms with Crippen molar-refractivity contribution in [2.24, 2.45) is 5.92 Å². The maximum Gasteiger partial charge on any atom is 0.259 e. The van der Waals surface area contributed by atoms with Gasteiger partial charge in [0, 0.05) is 18.7 Å². The highest BCUT2D eigenvalue weighted by molar-refractivity contribution is 6.39. The maximum atomic E-state index is 13.3. The molecule has 29 heavy (non-hydrogen) atoms. The average molecular weight is 429 g/mol. The van der Waals surface area contributed by atoms with Gasteiger partial charge in [-0.15, -0.1) is 0 Å². The van der Waals surface area contributed by atoms with Crippen LogP contribution in [-0.4, -0.2) is 29.1 Å². The van der Waals surface area contributed by atoms with E-state index in [4.69, 9.17) is 27.7 Å². The lowest BCUT2D eigenvalue weighted by atomic mass is 9.90. The molecule has 1 aromatic heterocycles. The fraction of sp³-hybridized carbons (Fsp3) is 0.304. The second-order valence-electron chi connectivity index (χ2n) is 7.48. The molecule has 0 N–H and O–H groups in total. The van der Waals surface area contributed by atoms with Crippen LogP contribution >= 0.6 is 23.2 Å². The van der Waals surface area contributed by atoms with Crippen molar-refractivity contribution < 1.29 is 9.32 Å². The minimum absolute atomic E-state index is 0.0760. The molecule has 0 radical (unpaired) electrons. The zero-order chi connectivity index (χ0) is 20.4. The van der Waals surface area contributed by atoms with Crippen LogP contribution in [0.5, 0.6) is 0 Å². The molecule has 1 fully saturated rings. The van der Waals surface area contributed by atoms with Crippen LogP contribution in [0, 0.1) is 12.8 Å². The number of piperidine rings is 1. The molecule has 0 saturated carbocycles. The van der Waals surface area contributed by atoms with Crippen molar-refractivity contribution in [3.8, 4) is 11.3 Å². The van der Waals surface area contributed by atoms with Gasteiger partial charge in [-0.3, -0.25) is 4.79 Å². The monoisotopic (exact) mass is 428 g/mol. The predicted molar refractivity (Wildman–Crippen MR) is 115 cm³/mol. The summed E-state index contributed by atoms with van der Waals surface area (Å²) in [7, 11) is 0. The number of halogens is 2. The molecule has 1 aliphatic rings. The lowest BCUT2D eigenvalue weighted by Gasteiger charge is -2.32. The molecular weight excluding hydrogens is 407 g/mol. The Kier molecular flexibility index (Phi) is 5.93. The number of carbonyl (C=O) groups is 1. The molecular formula is C23H22Cl2N2O2. The van der Waals surface area contributed by atoms with Crippen LogP contribution < -0.4 is 0 Å². The molecule has 0 bridgehead atoms. The van der Waals surface area contributed by atoms with Crippen LogP contribution in [0.4, 0.5) is 0 Å². The molecule has 3 aromatic rings. The van der Waals surface area contributed by atoms with Crippen molar-refractivity contribution in [3.05, 3.63) is 75.5 Å². The normalized spacial score (nSPS) is 14.9. The van der Waals surface area contributed by atoms with Crippen LogP contribution in [0.2, 0.25) is 10.0 Å². The lowest BCUT2D eigenvalue weighted by molar-refractivity contribution is 0.0689. The standard InChI is InChI=1S/C23H22Cl2N2O2/c1-15-20(22(26-29-15)21-18(24)8-5-9-19(21)25)23(28)27-12-10-17(11-13-27)14-16-6-3-2-4-7-16/h2-9,17H,10-14H2,1H3. The molecule has 2 aromatic carbocycles. The van der Waals surface area contributed by atoms with Crippen molar-refractivity contribution in [2.45, 2.75) is 26.2 Å². The molecule has 0 spiro atoms. The van der Waals surface area contributed by atoms with Gasteiger partial charge in [0.25, 0.3) is 5.91 Å². The van der Waals surface area contributed by atoms with Gasteiger partial charge in [0.2, 0.25) is 0 Å². The average Bonchev–Trinajstić information content (AvgIpc) is 3.10. The Labute approximate surface area is 180 Å². The number of aryl methyl sites for hydroxylation is 1. The predicted octanol–water partition coefficient (Wildman–Crippen LogP) is 6.05. The number of aromatic nitrogens is 1. The zero-order valence-corrected chi connectivity index (χ0v) is 17.7. The number of amides is 1. The Morgan fingerprint density at radius 2 is 1.72 bits per heavy atom. The molecule has 6 heteroatoms. The largest absolute Gasteiger partial charge is 0.360 e. The van der Waals surface area contributed by atoms with Gasteiger partial charge in [-0.2, -0.15) is 0 Å². The molecule has 1 saturated heterocycles. The molecule has 0 atom stereocenters. The first-order valence-corrected chi connectivity index (χ1v) is 10.5. The Morgan fingerprint density at radius 3 is 2.38 bits per heavy atom. The summed E-state index contributed by atoms with van der Waals surface area (Å²) in [4.78, 5) is 15.2. The van der Waals surface area contributed by atoms with Gasteiger partial charge in [0.05, 0.1) is 10.0 Å². The van der Waals surface area contributed by atoms with E-state index < -0.39 is 0 Å². The summed E-state index contributed by atoms with van der Waals surface area (Å²) in [6.45, 7) is 3.18. The smallest absolute Gasteiger partial charge is 0.259 e. The van der Waals surface area contributed by atoms with Crippen molar-refractivity contribution in [2.75, 3.05) is 13.1 Å². The summed E-state index contributed by atoms with van der Waals surface area (Å²) in [5.41, 5.74) is 2.74. The van der Waals surface area contributed by atoms with E-state index in [1.807, 2.05) is 11.0 Å². The number of hydrogen-bond acceptors (Lipinski definition) is 3. The first-order chi connectivity index (χ1) is 14.0. The summed E-state index contributed by atoms with van der Waals surface area (Å²) < 4.78 is 5.36. The molecule has 4 nitrogen and oxygen atoms in total. The van der Waals surface area contributed by atoms with E-state index in [1.165, 1.54) is 5.56 Å². The Balaban J connectivity index is 1.51. The van der Waals surface area contributed by atoms with Crippen LogP contribution in [-0.2, 0) is 6.42 Å². The van der Waals surface area contributed by atoms with Crippen LogP contribution in [0.3, 0.4) is 0 Å². The molecule has 2 heterocycles. The summed E-state index contributed by atoms with van der Waals surface area (Å²) in [5, 5.41) is 4.99. The molecule has 1 aliphatic heterocycles. The highest BCUT2D eigenvalue weighted by Crippen LogP contribution is 2.37. The summed E-state index contributed by atoms with van der Waals surface area (Å²) in [6, 6.07) is 15.7. The van der Waals surface area contributed by atoms with Gasteiger partial charge in [0.1, 0.15) is 17.0 Å². The minimum atomic E-state index is -0.0760. The zero-order valence-electron chi connectivity index (χ0n) is 16.2. The highest BCUT2D eigenvalue weighted by Gasteiger charge is 2.30. The van der Waals surface area contributed by atoms with E-state index in [0.29, 0.717) is 38.5 Å². The fourth-order valence-electron chi connectivity index (χ4n) is 3.96. The molecule has 1 amide bonds. The van der Waals surface area contributed by atoms with Gasteiger partial charge in [0.15, 0.2) is 0 Å². The van der Waals surface area contributed by atoms with Crippen molar-refractivity contribution >= 4 is 29.1 Å². The van der Waals surface area contributed by atoms with E-state index in [-0.39, 0.29) is 5.91 Å². The third kappa shape index (κ3) is 4.19. The van der Waals surface area contributed by atoms with Crippen molar-refractivity contribution in [1.82, 2.24) is 10.1 Å². The molecule has 0 aliphatic carbocycles. The quantitative estimate of drug-likeness (QED) is 0.507. The van der Waals surface area contributed by atoms with E-state index >= 15 is 0 Å². The number of carbonyl (C=O) groups excluding carboxylic acids is 1. The van der Waals surface area contributed by atoms with E-state index in [0.717, 1.165) is 32.4 Å². The Morgan fingerprint density at radius 1 is 1.07 bits per heavy atom. The van der Waals surface area contributed by atoms with Crippen LogP contribution in [0.15, 0.2) is 53.1 Å². The first-order valence-electron chi connectivity index (χ1n) is 9.78. The van der Waals surface area contributed by atoms with Gasteiger partial charge < -0.3 is 9.42 Å². The number of nitrogens with zero attached hydrogens (tertiary/aromatic N) is 2. The summed E-state index contributed by atoms with van der Waals surface area (Å²) >= 11 is 12.7. The molecule has 150 valence electrons. The van der Waals surface area contributed by atoms with Gasteiger partial charge >= 0.3 is 0 Å². The van der Waals surface area contributed by atoms with Crippen molar-refractivity contribution in [1.29, 1.82) is 0 Å². The van der Waals surface area contributed by atoms with Crippen LogP contribution in [0.1, 0.15) is 34.5 Å². The third-order valence-electron chi connectivity index (χ3n) is 5.55. The Hall–Kier alpha value is -2.30. The van der Waals surface area contributed by atoms with Gasteiger partial charge in [-0.25, -0.2) is 0 Å². The second-order valence-corrected chi connectivity index (χ2v) is 8.30. The van der Waals surface area contributed by atoms with Crippen molar-refractivity contribution in [3.63, 3.8) is 0 Å². The van der Waals surface area contributed by atoms with Gasteiger partial charge in [-0.1, -0.05) is 64.8 Å². The van der Waals surface area contributed by atoms with E-state index in [9.17, 15) is 4.79 Å². The van der Waals surface area contributed by atoms with Crippen LogP contribution in [0.25, 0.3) is 11.3 Å². The summed E-state index contributed by atoms with van der Waals surface area (Å²) in [6.07, 6.45) is 3.01. The topological polar surface area (TPSA) is 46.3 Å². The lowest BCUT2D eigenvalue weighted by Crippen LogP contribution is -2.39. The Bertz CT molecular complexity index is 989.